The summed E-state index contributed by atoms with van der Waals surface area (Å²) in [6.07, 6.45) is 3.55. The van der Waals surface area contributed by atoms with Crippen molar-refractivity contribution in [2.24, 2.45) is 0 Å². The third-order valence-corrected chi connectivity index (χ3v) is 5.43. The van der Waals surface area contributed by atoms with E-state index in [0.29, 0.717) is 5.00 Å². The van der Waals surface area contributed by atoms with E-state index in [4.69, 9.17) is 0 Å². The summed E-state index contributed by atoms with van der Waals surface area (Å²) < 4.78 is 2.19. The van der Waals surface area contributed by atoms with Crippen LogP contribution in [0.5, 0.6) is 0 Å². The molecule has 3 aromatic heterocycles. The molecule has 0 aliphatic rings. The zero-order valence-electron chi connectivity index (χ0n) is 14.5. The molecule has 0 spiro atoms. The van der Waals surface area contributed by atoms with Crippen LogP contribution in [0.1, 0.15) is 0 Å². The van der Waals surface area contributed by atoms with Gasteiger partial charge in [0.1, 0.15) is 5.00 Å². The zero-order chi connectivity index (χ0) is 18.9. The number of fused-ring (bicyclic) bond motifs is 1. The van der Waals surface area contributed by atoms with Crippen LogP contribution in [-0.4, -0.2) is 25.2 Å². The molecule has 0 aliphatic heterocycles. The summed E-state index contributed by atoms with van der Waals surface area (Å²) in [6, 6.07) is 20.4. The number of nitrogens with one attached hydrogen (secondary N) is 2. The van der Waals surface area contributed by atoms with Gasteiger partial charge in [-0.15, -0.1) is 11.3 Å². The molecule has 0 unspecified atom stereocenters. The summed E-state index contributed by atoms with van der Waals surface area (Å²) in [6.45, 7) is 0. The number of aromatic nitrogens is 5. The highest BCUT2D eigenvalue weighted by molar-refractivity contribution is 7.21. The van der Waals surface area contributed by atoms with Crippen molar-refractivity contribution in [2.75, 3.05) is 5.32 Å². The summed E-state index contributed by atoms with van der Waals surface area (Å²) in [5.74, 6) is 0. The van der Waals surface area contributed by atoms with Crippen molar-refractivity contribution in [2.45, 2.75) is 0 Å². The number of hydrogen-bond acceptors (Lipinski definition) is 6. The molecule has 28 heavy (non-hydrogen) atoms. The molecular formula is C20H14N6OS. The van der Waals surface area contributed by atoms with E-state index in [1.165, 1.54) is 21.6 Å². The third-order valence-electron chi connectivity index (χ3n) is 4.39. The molecule has 7 nitrogen and oxygen atoms in total. The Morgan fingerprint density at radius 2 is 1.75 bits per heavy atom. The van der Waals surface area contributed by atoms with Gasteiger partial charge in [0, 0.05) is 17.3 Å². The molecule has 0 saturated heterocycles. The second-order valence-electron chi connectivity index (χ2n) is 6.17. The Morgan fingerprint density at radius 3 is 2.50 bits per heavy atom. The fourth-order valence-corrected chi connectivity index (χ4v) is 4.03. The highest BCUT2D eigenvalue weighted by Crippen LogP contribution is 2.33. The van der Waals surface area contributed by atoms with Gasteiger partial charge >= 0.3 is 5.69 Å². The first kappa shape index (κ1) is 16.4. The highest BCUT2D eigenvalue weighted by Gasteiger charge is 2.11. The summed E-state index contributed by atoms with van der Waals surface area (Å²) in [5, 5.41) is 14.7. The van der Waals surface area contributed by atoms with Crippen LogP contribution in [-0.2, 0) is 0 Å². The smallest absolute Gasteiger partial charge is 0.354 e. The Kier molecular flexibility index (Phi) is 3.95. The van der Waals surface area contributed by atoms with E-state index in [1.54, 1.807) is 12.4 Å². The SMILES string of the molecule is O=c1[nH]nnn1-c1cc2c(Nc3ccc(-c4ccccc4)cc3)cncc2s1. The molecule has 0 radical (unpaired) electrons. The zero-order valence-corrected chi connectivity index (χ0v) is 15.4. The van der Waals surface area contributed by atoms with Gasteiger partial charge in [-0.1, -0.05) is 42.5 Å². The Hall–Kier alpha value is -3.78. The number of hydrogen-bond donors (Lipinski definition) is 2. The van der Waals surface area contributed by atoms with E-state index in [9.17, 15) is 4.79 Å². The number of tetrazole rings is 1. The maximum Gasteiger partial charge on any atom is 0.366 e. The van der Waals surface area contributed by atoms with Gasteiger partial charge in [-0.25, -0.2) is 9.89 Å². The molecule has 0 atom stereocenters. The average Bonchev–Trinajstić information content (AvgIpc) is 3.35. The van der Waals surface area contributed by atoms with Crippen LogP contribution < -0.4 is 11.0 Å². The van der Waals surface area contributed by atoms with Gasteiger partial charge in [0.2, 0.25) is 0 Å². The lowest BCUT2D eigenvalue weighted by atomic mass is 10.1. The second kappa shape index (κ2) is 6.75. The molecule has 0 amide bonds. The van der Waals surface area contributed by atoms with Crippen LogP contribution in [0.2, 0.25) is 0 Å². The minimum absolute atomic E-state index is 0.370. The standard InChI is InChI=1S/C20H14N6OS/c27-20-23-24-25-26(20)19-10-16-17(11-21-12-18(16)28-19)22-15-8-6-14(7-9-15)13-4-2-1-3-5-13/h1-12,22H,(H,23,25,27). The molecule has 0 bridgehead atoms. The number of rotatable bonds is 4. The van der Waals surface area contributed by atoms with Crippen LogP contribution in [0.15, 0.2) is 77.9 Å². The van der Waals surface area contributed by atoms with Gasteiger partial charge in [0.05, 0.1) is 16.6 Å². The molecule has 3 heterocycles. The maximum atomic E-state index is 11.8. The van der Waals surface area contributed by atoms with Crippen molar-refractivity contribution in [3.05, 3.63) is 83.5 Å². The van der Waals surface area contributed by atoms with E-state index in [1.807, 2.05) is 36.4 Å². The average molecular weight is 386 g/mol. The van der Waals surface area contributed by atoms with Gasteiger partial charge in [-0.05, 0) is 39.8 Å². The molecule has 2 N–H and O–H groups in total. The van der Waals surface area contributed by atoms with Crippen LogP contribution in [0, 0.1) is 0 Å². The number of aromatic amines is 1. The summed E-state index contributed by atoms with van der Waals surface area (Å²) in [4.78, 5) is 16.1. The van der Waals surface area contributed by atoms with Gasteiger partial charge in [-0.3, -0.25) is 4.98 Å². The van der Waals surface area contributed by atoms with Crippen molar-refractivity contribution >= 4 is 32.8 Å². The molecule has 0 aliphatic carbocycles. The van der Waals surface area contributed by atoms with Gasteiger partial charge in [0.25, 0.3) is 0 Å². The van der Waals surface area contributed by atoms with Crippen molar-refractivity contribution < 1.29 is 0 Å². The molecular weight excluding hydrogens is 372 g/mol. The van der Waals surface area contributed by atoms with E-state index in [-0.39, 0.29) is 5.69 Å². The summed E-state index contributed by atoms with van der Waals surface area (Å²) in [5.41, 5.74) is 3.79. The van der Waals surface area contributed by atoms with Crippen LogP contribution in [0.4, 0.5) is 11.4 Å². The largest absolute Gasteiger partial charge is 0.366 e. The number of pyridine rings is 1. The van der Waals surface area contributed by atoms with Crippen molar-refractivity contribution in [1.82, 2.24) is 25.2 Å². The lowest BCUT2D eigenvalue weighted by Crippen LogP contribution is -2.14. The van der Waals surface area contributed by atoms with Crippen molar-refractivity contribution in [3.63, 3.8) is 0 Å². The Balaban J connectivity index is 1.47. The van der Waals surface area contributed by atoms with Gasteiger partial charge < -0.3 is 5.32 Å². The minimum Gasteiger partial charge on any atom is -0.354 e. The normalized spacial score (nSPS) is 11.0. The van der Waals surface area contributed by atoms with Crippen LogP contribution >= 0.6 is 11.3 Å². The monoisotopic (exact) mass is 386 g/mol. The quantitative estimate of drug-likeness (QED) is 0.488. The minimum atomic E-state index is -0.370. The molecule has 0 saturated carbocycles. The maximum absolute atomic E-state index is 11.8. The van der Waals surface area contributed by atoms with Gasteiger partial charge in [-0.2, -0.15) is 4.68 Å². The molecule has 136 valence electrons. The molecule has 5 rings (SSSR count). The number of H-pyrrole nitrogens is 1. The fourth-order valence-electron chi connectivity index (χ4n) is 3.03. The van der Waals surface area contributed by atoms with E-state index < -0.39 is 0 Å². The lowest BCUT2D eigenvalue weighted by molar-refractivity contribution is 0.790. The van der Waals surface area contributed by atoms with E-state index in [2.05, 4.69) is 50.1 Å². The summed E-state index contributed by atoms with van der Waals surface area (Å²) >= 11 is 1.43. The van der Waals surface area contributed by atoms with E-state index in [0.717, 1.165) is 27.0 Å². The van der Waals surface area contributed by atoms with Gasteiger partial charge in [0.15, 0.2) is 0 Å². The van der Waals surface area contributed by atoms with E-state index >= 15 is 0 Å². The fraction of sp³-hybridized carbons (Fsp3) is 0. The Labute approximate surface area is 163 Å². The highest BCUT2D eigenvalue weighted by atomic mass is 32.1. The van der Waals surface area contributed by atoms with Crippen LogP contribution in [0.3, 0.4) is 0 Å². The van der Waals surface area contributed by atoms with Crippen molar-refractivity contribution in [3.8, 4) is 16.1 Å². The number of nitrogens with zero attached hydrogens (tertiary/aromatic N) is 4. The summed E-state index contributed by atoms with van der Waals surface area (Å²) in [7, 11) is 0. The lowest BCUT2D eigenvalue weighted by Gasteiger charge is -2.08. The first-order chi connectivity index (χ1) is 13.8. The molecule has 8 heteroatoms. The number of anilines is 2. The Morgan fingerprint density at radius 1 is 0.964 bits per heavy atom. The molecule has 2 aromatic carbocycles. The first-order valence-corrected chi connectivity index (χ1v) is 9.40. The van der Waals surface area contributed by atoms with Crippen molar-refractivity contribution in [1.29, 1.82) is 0 Å². The number of thiophene rings is 1. The first-order valence-electron chi connectivity index (χ1n) is 8.59. The second-order valence-corrected chi connectivity index (χ2v) is 7.23. The number of benzene rings is 2. The Bertz CT molecular complexity index is 1300. The predicted octanol–water partition coefficient (Wildman–Crippen LogP) is 3.98. The predicted molar refractivity (Wildman–Crippen MR) is 110 cm³/mol. The van der Waals surface area contributed by atoms with Crippen LogP contribution in [0.25, 0.3) is 26.2 Å². The third kappa shape index (κ3) is 2.95. The molecule has 5 aromatic rings. The topological polar surface area (TPSA) is 88.5 Å². The molecule has 0 fully saturated rings.